The molecule has 19 heavy (non-hydrogen) atoms. The molecule has 1 N–H and O–H groups in total. The minimum atomic E-state index is 0.250. The van der Waals surface area contributed by atoms with Crippen LogP contribution in [0.1, 0.15) is 50.0 Å². The van der Waals surface area contributed by atoms with E-state index in [-0.39, 0.29) is 5.41 Å². The Morgan fingerprint density at radius 3 is 3.05 bits per heavy atom. The van der Waals surface area contributed by atoms with Crippen molar-refractivity contribution in [3.63, 3.8) is 0 Å². The molecule has 2 heterocycles. The summed E-state index contributed by atoms with van der Waals surface area (Å²) >= 11 is 1.84. The van der Waals surface area contributed by atoms with Gasteiger partial charge in [-0.1, -0.05) is 20.8 Å². The number of aromatic nitrogens is 1. The smallest absolute Gasteiger partial charge is 0.109 e. The van der Waals surface area contributed by atoms with Gasteiger partial charge in [0.2, 0.25) is 0 Å². The maximum Gasteiger partial charge on any atom is 0.109 e. The van der Waals surface area contributed by atoms with Gasteiger partial charge in [0.15, 0.2) is 0 Å². The van der Waals surface area contributed by atoms with Crippen molar-refractivity contribution in [3.8, 4) is 0 Å². The topological polar surface area (TPSA) is 34.2 Å². The number of nitrogens with zero attached hydrogens (tertiary/aromatic N) is 1. The summed E-state index contributed by atoms with van der Waals surface area (Å²) in [5, 5.41) is 5.02. The van der Waals surface area contributed by atoms with Crippen LogP contribution >= 0.6 is 11.3 Å². The highest BCUT2D eigenvalue weighted by molar-refractivity contribution is 7.11. The molecule has 106 valence electrons. The molecule has 1 aromatic rings. The second-order valence-electron chi connectivity index (χ2n) is 6.45. The summed E-state index contributed by atoms with van der Waals surface area (Å²) in [6.45, 7) is 10.00. The molecule has 4 atom stereocenters. The van der Waals surface area contributed by atoms with E-state index in [0.717, 1.165) is 13.0 Å². The van der Waals surface area contributed by atoms with Gasteiger partial charge in [0.25, 0.3) is 0 Å². The molecule has 4 unspecified atom stereocenters. The van der Waals surface area contributed by atoms with Crippen molar-refractivity contribution in [3.05, 3.63) is 16.1 Å². The van der Waals surface area contributed by atoms with Crippen molar-refractivity contribution in [2.45, 2.75) is 58.7 Å². The third-order valence-corrected chi connectivity index (χ3v) is 6.14. The second-order valence-corrected chi connectivity index (χ2v) is 7.60. The van der Waals surface area contributed by atoms with Gasteiger partial charge in [0, 0.05) is 35.1 Å². The number of thiazole rings is 1. The molecular formula is C15H24N2OS. The van der Waals surface area contributed by atoms with Gasteiger partial charge < -0.3 is 10.1 Å². The van der Waals surface area contributed by atoms with Crippen molar-refractivity contribution < 1.29 is 4.74 Å². The first-order chi connectivity index (χ1) is 9.04. The van der Waals surface area contributed by atoms with Gasteiger partial charge in [-0.15, -0.1) is 11.3 Å². The first kappa shape index (κ1) is 13.5. The summed E-state index contributed by atoms with van der Waals surface area (Å²) in [7, 11) is 0. The van der Waals surface area contributed by atoms with Crippen molar-refractivity contribution in [2.24, 2.45) is 11.3 Å². The van der Waals surface area contributed by atoms with Crippen LogP contribution in [0.2, 0.25) is 0 Å². The summed E-state index contributed by atoms with van der Waals surface area (Å²) in [5.74, 6) is 0.697. The van der Waals surface area contributed by atoms with Gasteiger partial charge in [-0.2, -0.15) is 0 Å². The van der Waals surface area contributed by atoms with E-state index in [2.05, 4.69) is 38.0 Å². The van der Waals surface area contributed by atoms with Crippen LogP contribution in [-0.4, -0.2) is 23.7 Å². The lowest BCUT2D eigenvalue weighted by molar-refractivity contribution is -0.115. The number of ether oxygens (including phenoxy) is 1. The SMILES string of the molecule is CCc1cnc(C(C)NC2C3CCOC3C2(C)C)s1. The number of hydrogen-bond donors (Lipinski definition) is 1. The van der Waals surface area contributed by atoms with E-state index in [1.54, 1.807) is 0 Å². The van der Waals surface area contributed by atoms with Gasteiger partial charge in [-0.3, -0.25) is 0 Å². The quantitative estimate of drug-likeness (QED) is 0.920. The van der Waals surface area contributed by atoms with E-state index in [1.807, 2.05) is 17.5 Å². The Bertz CT molecular complexity index is 457. The Kier molecular flexibility index (Phi) is 3.44. The monoisotopic (exact) mass is 280 g/mol. The summed E-state index contributed by atoms with van der Waals surface area (Å²) in [5.41, 5.74) is 0.250. The molecule has 0 radical (unpaired) electrons. The molecule has 3 rings (SSSR count). The number of fused-ring (bicyclic) bond motifs is 1. The molecule has 2 aliphatic rings. The van der Waals surface area contributed by atoms with Crippen LogP contribution in [-0.2, 0) is 11.2 Å². The molecule has 1 saturated carbocycles. The molecule has 0 amide bonds. The van der Waals surface area contributed by atoms with Crippen molar-refractivity contribution in [1.82, 2.24) is 10.3 Å². The molecule has 1 saturated heterocycles. The van der Waals surface area contributed by atoms with Gasteiger partial charge in [0.05, 0.1) is 12.1 Å². The summed E-state index contributed by atoms with van der Waals surface area (Å²) in [6, 6.07) is 0.903. The largest absolute Gasteiger partial charge is 0.377 e. The van der Waals surface area contributed by atoms with Crippen LogP contribution in [0.25, 0.3) is 0 Å². The Balaban J connectivity index is 1.68. The van der Waals surface area contributed by atoms with E-state index in [0.29, 0.717) is 24.1 Å². The zero-order chi connectivity index (χ0) is 13.6. The molecule has 1 aliphatic heterocycles. The predicted molar refractivity (Wildman–Crippen MR) is 78.5 cm³/mol. The fraction of sp³-hybridized carbons (Fsp3) is 0.800. The minimum Gasteiger partial charge on any atom is -0.377 e. The number of nitrogens with one attached hydrogen (secondary N) is 1. The number of hydrogen-bond acceptors (Lipinski definition) is 4. The third kappa shape index (κ3) is 2.14. The molecule has 0 aromatic carbocycles. The maximum atomic E-state index is 5.85. The zero-order valence-corrected chi connectivity index (χ0v) is 13.1. The normalized spacial score (nSPS) is 33.8. The highest BCUT2D eigenvalue weighted by Crippen LogP contribution is 2.52. The zero-order valence-electron chi connectivity index (χ0n) is 12.3. The van der Waals surface area contributed by atoms with E-state index in [1.165, 1.54) is 16.3 Å². The van der Waals surface area contributed by atoms with Gasteiger partial charge >= 0.3 is 0 Å². The van der Waals surface area contributed by atoms with Crippen LogP contribution in [0.4, 0.5) is 0 Å². The Morgan fingerprint density at radius 1 is 1.58 bits per heavy atom. The summed E-state index contributed by atoms with van der Waals surface area (Å²) < 4.78 is 5.85. The van der Waals surface area contributed by atoms with Gasteiger partial charge in [-0.25, -0.2) is 4.98 Å². The lowest BCUT2D eigenvalue weighted by Crippen LogP contribution is -2.66. The average Bonchev–Trinajstić information content (AvgIpc) is 3.03. The van der Waals surface area contributed by atoms with Gasteiger partial charge in [0.1, 0.15) is 5.01 Å². The lowest BCUT2D eigenvalue weighted by atomic mass is 9.57. The molecule has 1 aliphatic carbocycles. The fourth-order valence-corrected chi connectivity index (χ4v) is 4.56. The van der Waals surface area contributed by atoms with Crippen LogP contribution in [0, 0.1) is 11.3 Å². The highest BCUT2D eigenvalue weighted by Gasteiger charge is 2.59. The third-order valence-electron chi connectivity index (χ3n) is 4.82. The molecule has 2 fully saturated rings. The Morgan fingerprint density at radius 2 is 2.37 bits per heavy atom. The van der Waals surface area contributed by atoms with Crippen molar-refractivity contribution in [1.29, 1.82) is 0 Å². The molecule has 0 bridgehead atoms. The predicted octanol–water partition coefficient (Wildman–Crippen LogP) is 3.17. The highest BCUT2D eigenvalue weighted by atomic mass is 32.1. The second kappa shape index (κ2) is 4.83. The van der Waals surface area contributed by atoms with Crippen LogP contribution < -0.4 is 5.32 Å². The summed E-state index contributed by atoms with van der Waals surface area (Å²) in [4.78, 5) is 5.93. The Labute approximate surface area is 119 Å². The van der Waals surface area contributed by atoms with Crippen molar-refractivity contribution in [2.75, 3.05) is 6.61 Å². The molecule has 3 nitrogen and oxygen atoms in total. The van der Waals surface area contributed by atoms with E-state index in [4.69, 9.17) is 4.74 Å². The first-order valence-corrected chi connectivity index (χ1v) is 8.18. The number of rotatable bonds is 4. The maximum absolute atomic E-state index is 5.85. The molecular weight excluding hydrogens is 256 g/mol. The average molecular weight is 280 g/mol. The lowest BCUT2D eigenvalue weighted by Gasteiger charge is -2.55. The van der Waals surface area contributed by atoms with Gasteiger partial charge in [-0.05, 0) is 19.8 Å². The van der Waals surface area contributed by atoms with E-state index < -0.39 is 0 Å². The minimum absolute atomic E-state index is 0.250. The first-order valence-electron chi connectivity index (χ1n) is 7.36. The standard InChI is InChI=1S/C15H24N2OS/c1-5-10-8-16-14(19-10)9(2)17-12-11-6-7-18-13(11)15(12,3)4/h8-9,11-13,17H,5-7H2,1-4H3. The molecule has 4 heteroatoms. The van der Waals surface area contributed by atoms with E-state index in [9.17, 15) is 0 Å². The molecule has 0 spiro atoms. The van der Waals surface area contributed by atoms with Crippen molar-refractivity contribution >= 4 is 11.3 Å². The fourth-order valence-electron chi connectivity index (χ4n) is 3.69. The Hall–Kier alpha value is -0.450. The number of aryl methyl sites for hydroxylation is 1. The molecule has 1 aromatic heterocycles. The van der Waals surface area contributed by atoms with Crippen LogP contribution in [0.3, 0.4) is 0 Å². The van der Waals surface area contributed by atoms with Crippen LogP contribution in [0.15, 0.2) is 6.20 Å². The van der Waals surface area contributed by atoms with Crippen LogP contribution in [0.5, 0.6) is 0 Å². The summed E-state index contributed by atoms with van der Waals surface area (Å²) in [6.07, 6.45) is 4.76. The van der Waals surface area contributed by atoms with E-state index >= 15 is 0 Å².